The summed E-state index contributed by atoms with van der Waals surface area (Å²) in [6, 6.07) is 10.8. The minimum Gasteiger partial charge on any atom is -0.273 e. The van der Waals surface area contributed by atoms with Gasteiger partial charge in [0, 0.05) is 6.42 Å². The molecule has 2 rings (SSSR count). The third-order valence-corrected chi connectivity index (χ3v) is 4.98. The number of rotatable bonds is 4. The molecule has 128 valence electrons. The van der Waals surface area contributed by atoms with Gasteiger partial charge in [-0.1, -0.05) is 48.1 Å². The van der Waals surface area contributed by atoms with E-state index in [9.17, 15) is 21.6 Å². The average molecular weight is 373 g/mol. The molecule has 24 heavy (non-hydrogen) atoms. The predicted molar refractivity (Wildman–Crippen MR) is 89.2 cm³/mol. The lowest BCUT2D eigenvalue weighted by Gasteiger charge is -2.11. The molecule has 3 nitrogen and oxygen atoms in total. The van der Waals surface area contributed by atoms with Gasteiger partial charge in [0.15, 0.2) is 0 Å². The van der Waals surface area contributed by atoms with Gasteiger partial charge < -0.3 is 0 Å². The molecule has 0 spiro atoms. The Bertz CT molecular complexity index is 844. The van der Waals surface area contributed by atoms with Crippen molar-refractivity contribution in [3.63, 3.8) is 0 Å². The van der Waals surface area contributed by atoms with Crippen molar-refractivity contribution < 1.29 is 21.6 Å². The minimum absolute atomic E-state index is 0.0412. The van der Waals surface area contributed by atoms with Gasteiger partial charge in [-0.2, -0.15) is 13.2 Å². The number of halogens is 3. The SMILES string of the molecule is Cc1ccc(S(=O)(=O)NC(=S)Cc2cccc(C(F)(F)F)c2)cc1. The van der Waals surface area contributed by atoms with Gasteiger partial charge in [0.25, 0.3) is 10.0 Å². The summed E-state index contributed by atoms with van der Waals surface area (Å²) in [5, 5.41) is 0. The van der Waals surface area contributed by atoms with Crippen LogP contribution in [0, 0.1) is 6.92 Å². The zero-order valence-electron chi connectivity index (χ0n) is 12.6. The maximum Gasteiger partial charge on any atom is 0.416 e. The van der Waals surface area contributed by atoms with Crippen LogP contribution in [0.1, 0.15) is 16.7 Å². The lowest BCUT2D eigenvalue weighted by Crippen LogP contribution is -2.30. The molecule has 2 aromatic rings. The highest BCUT2D eigenvalue weighted by Gasteiger charge is 2.30. The van der Waals surface area contributed by atoms with Crippen molar-refractivity contribution >= 4 is 27.2 Å². The molecular formula is C16H14F3NO2S2. The summed E-state index contributed by atoms with van der Waals surface area (Å²) in [5.41, 5.74) is 0.381. The Labute approximate surface area is 143 Å². The van der Waals surface area contributed by atoms with Crippen LogP contribution in [0.5, 0.6) is 0 Å². The van der Waals surface area contributed by atoms with Crippen LogP contribution < -0.4 is 4.72 Å². The molecule has 0 saturated heterocycles. The van der Waals surface area contributed by atoms with Crippen molar-refractivity contribution in [1.82, 2.24) is 4.72 Å². The van der Waals surface area contributed by atoms with Gasteiger partial charge in [-0.25, -0.2) is 8.42 Å². The third kappa shape index (κ3) is 4.78. The Kier molecular flexibility index (Phi) is 5.29. The molecular weight excluding hydrogens is 359 g/mol. The van der Waals surface area contributed by atoms with Crippen LogP contribution in [-0.4, -0.2) is 13.4 Å². The highest BCUT2D eigenvalue weighted by molar-refractivity contribution is 7.91. The van der Waals surface area contributed by atoms with Gasteiger partial charge in [-0.05, 0) is 30.7 Å². The predicted octanol–water partition coefficient (Wildman–Crippen LogP) is 3.86. The molecule has 0 aliphatic rings. The molecule has 0 bridgehead atoms. The quantitative estimate of drug-likeness (QED) is 0.828. The van der Waals surface area contributed by atoms with Crippen molar-refractivity contribution in [1.29, 1.82) is 0 Å². The Balaban J connectivity index is 2.12. The van der Waals surface area contributed by atoms with Crippen LogP contribution in [0.4, 0.5) is 13.2 Å². The van der Waals surface area contributed by atoms with Gasteiger partial charge in [-0.15, -0.1) is 0 Å². The van der Waals surface area contributed by atoms with E-state index in [0.717, 1.165) is 17.7 Å². The molecule has 0 atom stereocenters. The maximum absolute atomic E-state index is 12.7. The average Bonchev–Trinajstić information content (AvgIpc) is 2.46. The topological polar surface area (TPSA) is 46.2 Å². The van der Waals surface area contributed by atoms with Crippen LogP contribution in [0.15, 0.2) is 53.4 Å². The largest absolute Gasteiger partial charge is 0.416 e. The number of alkyl halides is 3. The Morgan fingerprint density at radius 2 is 1.75 bits per heavy atom. The van der Waals surface area contributed by atoms with Gasteiger partial charge in [0.2, 0.25) is 0 Å². The number of nitrogens with one attached hydrogen (secondary N) is 1. The van der Waals surface area contributed by atoms with Crippen molar-refractivity contribution in [3.05, 3.63) is 65.2 Å². The summed E-state index contributed by atoms with van der Waals surface area (Å²) in [5.74, 6) is 0. The number of hydrogen-bond acceptors (Lipinski definition) is 3. The van der Waals surface area contributed by atoms with Crippen molar-refractivity contribution in [2.24, 2.45) is 0 Å². The Morgan fingerprint density at radius 1 is 1.12 bits per heavy atom. The van der Waals surface area contributed by atoms with Crippen LogP contribution in [0.25, 0.3) is 0 Å². The highest BCUT2D eigenvalue weighted by atomic mass is 32.2. The van der Waals surface area contributed by atoms with E-state index in [0.29, 0.717) is 0 Å². The lowest BCUT2D eigenvalue weighted by molar-refractivity contribution is -0.137. The molecule has 0 aliphatic carbocycles. The van der Waals surface area contributed by atoms with E-state index < -0.39 is 21.8 Å². The van der Waals surface area contributed by atoms with Gasteiger partial charge in [-0.3, -0.25) is 4.72 Å². The fourth-order valence-corrected chi connectivity index (χ4v) is 3.49. The molecule has 0 fully saturated rings. The normalized spacial score (nSPS) is 12.0. The van der Waals surface area contributed by atoms with Crippen LogP contribution in [0.3, 0.4) is 0 Å². The summed E-state index contributed by atoms with van der Waals surface area (Å²) in [6.45, 7) is 1.82. The molecule has 0 radical (unpaired) electrons. The number of hydrogen-bond donors (Lipinski definition) is 1. The molecule has 0 aromatic heterocycles. The van der Waals surface area contributed by atoms with E-state index in [1.54, 1.807) is 12.1 Å². The fraction of sp³-hybridized carbons (Fsp3) is 0.188. The zero-order valence-corrected chi connectivity index (χ0v) is 14.2. The first-order chi connectivity index (χ1) is 11.1. The summed E-state index contributed by atoms with van der Waals surface area (Å²) in [7, 11) is -3.85. The zero-order chi connectivity index (χ0) is 18.0. The standard InChI is InChI=1S/C16H14F3NO2S2/c1-11-5-7-14(8-6-11)24(21,22)20-15(23)10-12-3-2-4-13(9-12)16(17,18)19/h2-9H,10H2,1H3,(H,20,23). The Hall–Kier alpha value is -1.93. The molecule has 0 unspecified atom stereocenters. The minimum atomic E-state index is -4.46. The fourth-order valence-electron chi connectivity index (χ4n) is 2.01. The summed E-state index contributed by atoms with van der Waals surface area (Å²) >= 11 is 4.98. The number of sulfonamides is 1. The Morgan fingerprint density at radius 3 is 2.33 bits per heavy atom. The van der Waals surface area contributed by atoms with Crippen molar-refractivity contribution in [3.8, 4) is 0 Å². The summed E-state index contributed by atoms with van der Waals surface area (Å²) in [4.78, 5) is -0.0330. The smallest absolute Gasteiger partial charge is 0.273 e. The second kappa shape index (κ2) is 6.90. The number of aryl methyl sites for hydroxylation is 1. The monoisotopic (exact) mass is 373 g/mol. The molecule has 0 heterocycles. The van der Waals surface area contributed by atoms with E-state index in [1.807, 2.05) is 6.92 Å². The second-order valence-electron chi connectivity index (χ2n) is 5.22. The highest BCUT2D eigenvalue weighted by Crippen LogP contribution is 2.29. The number of benzene rings is 2. The van der Waals surface area contributed by atoms with E-state index in [2.05, 4.69) is 4.72 Å². The van der Waals surface area contributed by atoms with E-state index >= 15 is 0 Å². The van der Waals surface area contributed by atoms with Crippen LogP contribution in [0.2, 0.25) is 0 Å². The first-order valence-corrected chi connectivity index (χ1v) is 8.75. The van der Waals surface area contributed by atoms with Crippen LogP contribution in [-0.2, 0) is 22.6 Å². The first kappa shape index (κ1) is 18.4. The molecule has 0 aliphatic heterocycles. The maximum atomic E-state index is 12.7. The van der Waals surface area contributed by atoms with Crippen molar-refractivity contribution in [2.45, 2.75) is 24.4 Å². The summed E-state index contributed by atoms with van der Waals surface area (Å²) in [6.07, 6.45) is -4.57. The molecule has 2 aromatic carbocycles. The molecule has 0 saturated carbocycles. The van der Waals surface area contributed by atoms with Crippen molar-refractivity contribution in [2.75, 3.05) is 0 Å². The van der Waals surface area contributed by atoms with E-state index in [4.69, 9.17) is 12.2 Å². The van der Waals surface area contributed by atoms with E-state index in [-0.39, 0.29) is 21.9 Å². The number of thiocarbonyl (C=S) groups is 1. The third-order valence-electron chi connectivity index (χ3n) is 3.20. The van der Waals surface area contributed by atoms with Crippen LogP contribution >= 0.6 is 12.2 Å². The molecule has 1 N–H and O–H groups in total. The van der Waals surface area contributed by atoms with Gasteiger partial charge >= 0.3 is 6.18 Å². The second-order valence-corrected chi connectivity index (χ2v) is 7.39. The molecule has 0 amide bonds. The van der Waals surface area contributed by atoms with Gasteiger partial charge in [0.05, 0.1) is 15.4 Å². The lowest BCUT2D eigenvalue weighted by atomic mass is 10.1. The van der Waals surface area contributed by atoms with Gasteiger partial charge in [0.1, 0.15) is 0 Å². The molecule has 8 heteroatoms. The summed E-state index contributed by atoms with van der Waals surface area (Å²) < 4.78 is 64.7. The first-order valence-electron chi connectivity index (χ1n) is 6.86. The van der Waals surface area contributed by atoms with E-state index in [1.165, 1.54) is 24.3 Å².